The van der Waals surface area contributed by atoms with Crippen molar-refractivity contribution in [1.82, 2.24) is 5.32 Å². The Morgan fingerprint density at radius 3 is 2.35 bits per heavy atom. The van der Waals surface area contributed by atoms with Crippen molar-refractivity contribution in [2.24, 2.45) is 5.73 Å². The molecule has 0 bridgehead atoms. The summed E-state index contributed by atoms with van der Waals surface area (Å²) in [7, 11) is 0. The molecule has 4 heteroatoms. The lowest BCUT2D eigenvalue weighted by Gasteiger charge is -2.15. The standard InChI is InChI=1S/C16H17BrN2O/c17-14-8-6-12(7-9-14)11-19-16(20)15(10-18)13-4-2-1-3-5-13/h1-9,15H,10-11,18H2,(H,19,20). The molecule has 0 saturated carbocycles. The Morgan fingerprint density at radius 1 is 1.10 bits per heavy atom. The van der Waals surface area contributed by atoms with Gasteiger partial charge in [0, 0.05) is 17.6 Å². The number of amides is 1. The zero-order valence-electron chi connectivity index (χ0n) is 11.1. The molecular formula is C16H17BrN2O. The van der Waals surface area contributed by atoms with Crippen molar-refractivity contribution in [3.8, 4) is 0 Å². The first kappa shape index (κ1) is 14.8. The molecule has 3 nitrogen and oxygen atoms in total. The molecule has 2 rings (SSSR count). The molecule has 104 valence electrons. The molecule has 1 unspecified atom stereocenters. The van der Waals surface area contributed by atoms with Gasteiger partial charge in [-0.1, -0.05) is 58.4 Å². The Hall–Kier alpha value is -1.65. The van der Waals surface area contributed by atoms with E-state index < -0.39 is 0 Å². The average molecular weight is 333 g/mol. The number of halogens is 1. The molecule has 0 fully saturated rings. The molecule has 0 aliphatic heterocycles. The number of rotatable bonds is 5. The summed E-state index contributed by atoms with van der Waals surface area (Å²) in [5, 5.41) is 2.93. The van der Waals surface area contributed by atoms with Gasteiger partial charge < -0.3 is 11.1 Å². The Kier molecular flexibility index (Phi) is 5.32. The van der Waals surface area contributed by atoms with Crippen LogP contribution in [0, 0.1) is 0 Å². The second kappa shape index (κ2) is 7.22. The van der Waals surface area contributed by atoms with Crippen molar-refractivity contribution in [3.05, 3.63) is 70.2 Å². The predicted octanol–water partition coefficient (Wildman–Crippen LogP) is 2.81. The van der Waals surface area contributed by atoms with Crippen molar-refractivity contribution < 1.29 is 4.79 Å². The van der Waals surface area contributed by atoms with E-state index in [1.807, 2.05) is 54.6 Å². The minimum atomic E-state index is -0.299. The maximum absolute atomic E-state index is 12.2. The van der Waals surface area contributed by atoms with Gasteiger partial charge in [0.2, 0.25) is 5.91 Å². The van der Waals surface area contributed by atoms with Gasteiger partial charge in [-0.3, -0.25) is 4.79 Å². The molecule has 2 aromatic rings. The highest BCUT2D eigenvalue weighted by Gasteiger charge is 2.18. The van der Waals surface area contributed by atoms with E-state index in [1.165, 1.54) is 0 Å². The highest BCUT2D eigenvalue weighted by molar-refractivity contribution is 9.10. The van der Waals surface area contributed by atoms with Crippen LogP contribution in [0.4, 0.5) is 0 Å². The molecule has 20 heavy (non-hydrogen) atoms. The summed E-state index contributed by atoms with van der Waals surface area (Å²) in [6.07, 6.45) is 0. The van der Waals surface area contributed by atoms with Gasteiger partial charge in [0.05, 0.1) is 5.92 Å². The Morgan fingerprint density at radius 2 is 1.75 bits per heavy atom. The van der Waals surface area contributed by atoms with Gasteiger partial charge in [-0.05, 0) is 23.3 Å². The Bertz CT molecular complexity index is 554. The summed E-state index contributed by atoms with van der Waals surface area (Å²) in [4.78, 5) is 12.2. The summed E-state index contributed by atoms with van der Waals surface area (Å²) in [5.41, 5.74) is 7.74. The van der Waals surface area contributed by atoms with Crippen molar-refractivity contribution in [1.29, 1.82) is 0 Å². The lowest BCUT2D eigenvalue weighted by Crippen LogP contribution is -2.33. The summed E-state index contributed by atoms with van der Waals surface area (Å²) < 4.78 is 1.02. The number of carbonyl (C=O) groups is 1. The summed E-state index contributed by atoms with van der Waals surface area (Å²) in [6.45, 7) is 0.811. The van der Waals surface area contributed by atoms with Gasteiger partial charge in [0.1, 0.15) is 0 Å². The van der Waals surface area contributed by atoms with Gasteiger partial charge in [0.25, 0.3) is 0 Å². The monoisotopic (exact) mass is 332 g/mol. The lowest BCUT2D eigenvalue weighted by molar-refractivity contribution is -0.122. The van der Waals surface area contributed by atoms with Gasteiger partial charge in [0.15, 0.2) is 0 Å². The first-order chi connectivity index (χ1) is 9.70. The number of benzene rings is 2. The third kappa shape index (κ3) is 3.92. The molecule has 2 aromatic carbocycles. The molecule has 0 aliphatic carbocycles. The molecule has 1 atom stereocenters. The topological polar surface area (TPSA) is 55.1 Å². The molecule has 0 saturated heterocycles. The van der Waals surface area contributed by atoms with E-state index in [1.54, 1.807) is 0 Å². The van der Waals surface area contributed by atoms with E-state index in [4.69, 9.17) is 5.73 Å². The minimum absolute atomic E-state index is 0.0402. The van der Waals surface area contributed by atoms with E-state index in [9.17, 15) is 4.79 Å². The first-order valence-corrected chi connectivity index (χ1v) is 7.27. The molecule has 3 N–H and O–H groups in total. The molecule has 0 heterocycles. The number of hydrogen-bond donors (Lipinski definition) is 2. The van der Waals surface area contributed by atoms with Crippen LogP contribution in [0.3, 0.4) is 0 Å². The van der Waals surface area contributed by atoms with Crippen LogP contribution in [0.15, 0.2) is 59.1 Å². The highest BCUT2D eigenvalue weighted by Crippen LogP contribution is 2.15. The Balaban J connectivity index is 1.98. The van der Waals surface area contributed by atoms with Crippen LogP contribution >= 0.6 is 15.9 Å². The van der Waals surface area contributed by atoms with Crippen LogP contribution in [-0.2, 0) is 11.3 Å². The third-order valence-corrected chi connectivity index (χ3v) is 3.66. The fourth-order valence-electron chi connectivity index (χ4n) is 1.99. The molecule has 1 amide bonds. The number of hydrogen-bond acceptors (Lipinski definition) is 2. The third-order valence-electron chi connectivity index (χ3n) is 3.13. The second-order valence-corrected chi connectivity index (χ2v) is 5.46. The van der Waals surface area contributed by atoms with Gasteiger partial charge >= 0.3 is 0 Å². The number of carbonyl (C=O) groups excluding carboxylic acids is 1. The maximum Gasteiger partial charge on any atom is 0.229 e. The zero-order chi connectivity index (χ0) is 14.4. The van der Waals surface area contributed by atoms with Crippen LogP contribution in [-0.4, -0.2) is 12.5 Å². The van der Waals surface area contributed by atoms with Crippen molar-refractivity contribution >= 4 is 21.8 Å². The molecular weight excluding hydrogens is 316 g/mol. The van der Waals surface area contributed by atoms with E-state index in [2.05, 4.69) is 21.2 Å². The van der Waals surface area contributed by atoms with E-state index >= 15 is 0 Å². The molecule has 0 radical (unpaired) electrons. The minimum Gasteiger partial charge on any atom is -0.351 e. The van der Waals surface area contributed by atoms with E-state index in [0.29, 0.717) is 13.1 Å². The molecule has 0 aromatic heterocycles. The second-order valence-electron chi connectivity index (χ2n) is 4.54. The smallest absolute Gasteiger partial charge is 0.229 e. The van der Waals surface area contributed by atoms with Gasteiger partial charge in [-0.15, -0.1) is 0 Å². The van der Waals surface area contributed by atoms with E-state index in [-0.39, 0.29) is 11.8 Å². The average Bonchev–Trinajstić information content (AvgIpc) is 2.48. The lowest BCUT2D eigenvalue weighted by atomic mass is 9.98. The van der Waals surface area contributed by atoms with Crippen LogP contribution in [0.5, 0.6) is 0 Å². The molecule has 0 aliphatic rings. The van der Waals surface area contributed by atoms with Crippen molar-refractivity contribution in [2.75, 3.05) is 6.54 Å². The normalized spacial score (nSPS) is 11.9. The van der Waals surface area contributed by atoms with E-state index in [0.717, 1.165) is 15.6 Å². The SMILES string of the molecule is NCC(C(=O)NCc1ccc(Br)cc1)c1ccccc1. The molecule has 0 spiro atoms. The fourth-order valence-corrected chi connectivity index (χ4v) is 2.26. The quantitative estimate of drug-likeness (QED) is 0.884. The van der Waals surface area contributed by atoms with Gasteiger partial charge in [-0.25, -0.2) is 0 Å². The maximum atomic E-state index is 12.2. The largest absolute Gasteiger partial charge is 0.351 e. The van der Waals surface area contributed by atoms with Gasteiger partial charge in [-0.2, -0.15) is 0 Å². The van der Waals surface area contributed by atoms with Crippen LogP contribution in [0.2, 0.25) is 0 Å². The van der Waals surface area contributed by atoms with Crippen LogP contribution < -0.4 is 11.1 Å². The summed E-state index contributed by atoms with van der Waals surface area (Å²) in [6, 6.07) is 17.5. The summed E-state index contributed by atoms with van der Waals surface area (Å²) in [5.74, 6) is -0.340. The van der Waals surface area contributed by atoms with Crippen molar-refractivity contribution in [2.45, 2.75) is 12.5 Å². The first-order valence-electron chi connectivity index (χ1n) is 6.48. The summed E-state index contributed by atoms with van der Waals surface area (Å²) >= 11 is 3.39. The van der Waals surface area contributed by atoms with Crippen LogP contribution in [0.1, 0.15) is 17.0 Å². The number of nitrogens with two attached hydrogens (primary N) is 1. The predicted molar refractivity (Wildman–Crippen MR) is 84.2 cm³/mol. The van der Waals surface area contributed by atoms with Crippen molar-refractivity contribution in [3.63, 3.8) is 0 Å². The zero-order valence-corrected chi connectivity index (χ0v) is 12.6. The number of nitrogens with one attached hydrogen (secondary N) is 1. The Labute approximate surface area is 127 Å². The fraction of sp³-hybridized carbons (Fsp3) is 0.188. The highest BCUT2D eigenvalue weighted by atomic mass is 79.9. The van der Waals surface area contributed by atoms with Crippen LogP contribution in [0.25, 0.3) is 0 Å².